The number of carbonyl (C=O) groups excluding carboxylic acids is 3. The van der Waals surface area contributed by atoms with Crippen LogP contribution in [0.25, 0.3) is 11.3 Å². The maximum atomic E-state index is 13.3. The van der Waals surface area contributed by atoms with Crippen LogP contribution in [-0.4, -0.2) is 88.6 Å². The number of benzene rings is 3. The standard InChI is InChI=1S/C32H35N5O5/c1-35-15-17-37(18-16-35)20-28(38)36(2)24-10-8-23(9-11-24)33-30(21-5-12-25(41-3)13-6-21)29-26-19-22(32(40)42-4)7-14-27(26)34-31(29)39/h5-14,19,33H,15-18,20H2,1-4H3,(H,34,39)/b30-29-. The summed E-state index contributed by atoms with van der Waals surface area (Å²) in [5, 5.41) is 6.32. The average molecular weight is 570 g/mol. The second-order valence-corrected chi connectivity index (χ2v) is 10.4. The first-order valence-electron chi connectivity index (χ1n) is 13.7. The van der Waals surface area contributed by atoms with Crippen LogP contribution in [0, 0.1) is 0 Å². The van der Waals surface area contributed by atoms with E-state index in [0.717, 1.165) is 43.1 Å². The molecule has 0 radical (unpaired) electrons. The van der Waals surface area contributed by atoms with Gasteiger partial charge < -0.3 is 29.9 Å². The summed E-state index contributed by atoms with van der Waals surface area (Å²) in [6, 6.07) is 19.8. The number of likely N-dealkylation sites (N-methyl/N-ethyl adjacent to an activating group) is 2. The Labute approximate surface area is 245 Å². The third-order valence-electron chi connectivity index (χ3n) is 7.67. The molecule has 10 nitrogen and oxygen atoms in total. The Morgan fingerprint density at radius 2 is 1.60 bits per heavy atom. The van der Waals surface area contributed by atoms with Crippen molar-refractivity contribution in [3.05, 3.63) is 83.4 Å². The molecule has 2 N–H and O–H groups in total. The number of hydrogen-bond acceptors (Lipinski definition) is 8. The van der Waals surface area contributed by atoms with E-state index in [1.54, 1.807) is 37.3 Å². The molecule has 0 bridgehead atoms. The van der Waals surface area contributed by atoms with Crippen molar-refractivity contribution in [2.45, 2.75) is 0 Å². The van der Waals surface area contributed by atoms with Crippen LogP contribution in [0.4, 0.5) is 17.1 Å². The van der Waals surface area contributed by atoms with E-state index in [2.05, 4.69) is 27.5 Å². The van der Waals surface area contributed by atoms with E-state index in [-0.39, 0.29) is 11.8 Å². The Hall–Kier alpha value is -4.67. The van der Waals surface area contributed by atoms with Crippen molar-refractivity contribution >= 4 is 46.1 Å². The lowest BCUT2D eigenvalue weighted by Gasteiger charge is -2.32. The number of fused-ring (bicyclic) bond motifs is 1. The smallest absolute Gasteiger partial charge is 0.337 e. The maximum Gasteiger partial charge on any atom is 0.337 e. The topological polar surface area (TPSA) is 103 Å². The lowest BCUT2D eigenvalue weighted by molar-refractivity contribution is -0.119. The fraction of sp³-hybridized carbons (Fsp3) is 0.281. The highest BCUT2D eigenvalue weighted by Gasteiger charge is 2.30. The molecule has 3 aromatic carbocycles. The monoisotopic (exact) mass is 569 g/mol. The molecule has 2 aliphatic rings. The van der Waals surface area contributed by atoms with Gasteiger partial charge >= 0.3 is 5.97 Å². The van der Waals surface area contributed by atoms with E-state index in [4.69, 9.17) is 9.47 Å². The second kappa shape index (κ2) is 12.5. The zero-order valence-electron chi connectivity index (χ0n) is 24.3. The molecule has 0 atom stereocenters. The molecule has 0 aliphatic carbocycles. The number of ether oxygens (including phenoxy) is 2. The maximum absolute atomic E-state index is 13.3. The number of hydrogen-bond donors (Lipinski definition) is 2. The van der Waals surface area contributed by atoms with E-state index in [1.807, 2.05) is 48.5 Å². The number of amides is 2. The minimum Gasteiger partial charge on any atom is -0.497 e. The van der Waals surface area contributed by atoms with E-state index >= 15 is 0 Å². The van der Waals surface area contributed by atoms with Gasteiger partial charge in [-0.1, -0.05) is 0 Å². The average Bonchev–Trinajstić information content (AvgIpc) is 3.35. The van der Waals surface area contributed by atoms with Crippen LogP contribution in [0.2, 0.25) is 0 Å². The molecule has 0 saturated carbocycles. The van der Waals surface area contributed by atoms with Gasteiger partial charge in [0, 0.05) is 55.9 Å². The summed E-state index contributed by atoms with van der Waals surface area (Å²) in [5.41, 5.74) is 4.73. The lowest BCUT2D eigenvalue weighted by Crippen LogP contribution is -2.48. The first-order chi connectivity index (χ1) is 20.3. The number of carbonyl (C=O) groups is 3. The molecule has 42 heavy (non-hydrogen) atoms. The summed E-state index contributed by atoms with van der Waals surface area (Å²) in [6.45, 7) is 4.03. The van der Waals surface area contributed by atoms with Gasteiger partial charge in [0.25, 0.3) is 5.91 Å². The number of rotatable bonds is 8. The van der Waals surface area contributed by atoms with E-state index in [0.29, 0.717) is 40.4 Å². The number of anilines is 3. The Morgan fingerprint density at radius 1 is 0.929 bits per heavy atom. The molecule has 5 rings (SSSR count). The van der Waals surface area contributed by atoms with Crippen molar-refractivity contribution in [1.82, 2.24) is 9.80 Å². The SMILES string of the molecule is COC(=O)c1ccc2c(c1)/C(=C(/Nc1ccc(N(C)C(=O)CN3CCN(C)CC3)cc1)c1ccc(OC)cc1)C(=O)N2. The predicted octanol–water partition coefficient (Wildman–Crippen LogP) is 3.62. The van der Waals surface area contributed by atoms with E-state index < -0.39 is 5.97 Å². The first-order valence-corrected chi connectivity index (χ1v) is 13.7. The zero-order chi connectivity index (χ0) is 29.8. The second-order valence-electron chi connectivity index (χ2n) is 10.4. The number of methoxy groups -OCH3 is 2. The van der Waals surface area contributed by atoms with E-state index in [9.17, 15) is 14.4 Å². The Kier molecular flexibility index (Phi) is 8.56. The summed E-state index contributed by atoms with van der Waals surface area (Å²) in [7, 11) is 6.79. The Balaban J connectivity index is 1.44. The van der Waals surface area contributed by atoms with Gasteiger partial charge in [-0.05, 0) is 79.3 Å². The van der Waals surface area contributed by atoms with Crippen LogP contribution < -0.4 is 20.3 Å². The van der Waals surface area contributed by atoms with Crippen LogP contribution in [0.3, 0.4) is 0 Å². The fourth-order valence-electron chi connectivity index (χ4n) is 5.06. The molecule has 0 spiro atoms. The van der Waals surface area contributed by atoms with Crippen LogP contribution in [0.5, 0.6) is 5.75 Å². The summed E-state index contributed by atoms with van der Waals surface area (Å²) >= 11 is 0. The van der Waals surface area contributed by atoms with Crippen molar-refractivity contribution in [3.8, 4) is 5.75 Å². The van der Waals surface area contributed by atoms with Crippen LogP contribution in [-0.2, 0) is 14.3 Å². The molecule has 1 saturated heterocycles. The van der Waals surface area contributed by atoms with Crippen molar-refractivity contribution in [1.29, 1.82) is 0 Å². The lowest BCUT2D eigenvalue weighted by atomic mass is 9.98. The molecule has 2 aliphatic heterocycles. The quantitative estimate of drug-likeness (QED) is 0.313. The normalized spacial score (nSPS) is 16.3. The molecule has 3 aromatic rings. The van der Waals surface area contributed by atoms with Gasteiger partial charge in [-0.2, -0.15) is 0 Å². The van der Waals surface area contributed by atoms with Gasteiger partial charge in [-0.25, -0.2) is 4.79 Å². The first kappa shape index (κ1) is 28.8. The largest absolute Gasteiger partial charge is 0.497 e. The number of nitrogens with one attached hydrogen (secondary N) is 2. The van der Waals surface area contributed by atoms with Crippen LogP contribution in [0.1, 0.15) is 21.5 Å². The van der Waals surface area contributed by atoms with Gasteiger partial charge in [0.2, 0.25) is 5.91 Å². The number of esters is 1. The third-order valence-corrected chi connectivity index (χ3v) is 7.67. The Bertz CT molecular complexity index is 1510. The summed E-state index contributed by atoms with van der Waals surface area (Å²) in [6.07, 6.45) is 0. The molecule has 10 heteroatoms. The molecule has 218 valence electrons. The van der Waals surface area contributed by atoms with Crippen molar-refractivity contribution < 1.29 is 23.9 Å². The van der Waals surface area contributed by atoms with Gasteiger partial charge in [0.15, 0.2) is 0 Å². The highest BCUT2D eigenvalue weighted by atomic mass is 16.5. The third kappa shape index (κ3) is 6.14. The Morgan fingerprint density at radius 3 is 2.24 bits per heavy atom. The van der Waals surface area contributed by atoms with Crippen molar-refractivity contribution in [3.63, 3.8) is 0 Å². The summed E-state index contributed by atoms with van der Waals surface area (Å²) < 4.78 is 10.2. The van der Waals surface area contributed by atoms with Gasteiger partial charge in [-0.15, -0.1) is 0 Å². The number of piperazine rings is 1. The summed E-state index contributed by atoms with van der Waals surface area (Å²) in [5.74, 6) is -0.0727. The van der Waals surface area contributed by atoms with Crippen LogP contribution in [0.15, 0.2) is 66.7 Å². The molecular weight excluding hydrogens is 534 g/mol. The predicted molar refractivity (Wildman–Crippen MR) is 164 cm³/mol. The molecular formula is C32H35N5O5. The molecule has 0 aromatic heterocycles. The van der Waals surface area contributed by atoms with Crippen molar-refractivity contribution in [2.24, 2.45) is 0 Å². The van der Waals surface area contributed by atoms with Crippen LogP contribution >= 0.6 is 0 Å². The molecule has 2 heterocycles. The fourth-order valence-corrected chi connectivity index (χ4v) is 5.06. The number of nitrogens with zero attached hydrogens (tertiary/aromatic N) is 3. The van der Waals surface area contributed by atoms with Gasteiger partial charge in [0.05, 0.1) is 37.6 Å². The molecule has 1 fully saturated rings. The molecule has 2 amide bonds. The minimum absolute atomic E-state index is 0.0296. The highest BCUT2D eigenvalue weighted by Crippen LogP contribution is 2.38. The van der Waals surface area contributed by atoms with Crippen molar-refractivity contribution in [2.75, 3.05) is 76.6 Å². The highest BCUT2D eigenvalue weighted by molar-refractivity contribution is 6.37. The van der Waals surface area contributed by atoms with Gasteiger partial charge in [-0.3, -0.25) is 14.5 Å². The summed E-state index contributed by atoms with van der Waals surface area (Å²) in [4.78, 5) is 44.7. The van der Waals surface area contributed by atoms with Gasteiger partial charge in [0.1, 0.15) is 5.75 Å². The molecule has 0 unspecified atom stereocenters. The minimum atomic E-state index is -0.489. The van der Waals surface area contributed by atoms with E-state index in [1.165, 1.54) is 7.11 Å². The zero-order valence-corrected chi connectivity index (χ0v) is 24.3.